The molecule has 0 radical (unpaired) electrons. The molecule has 1 aromatic heterocycles. The topological polar surface area (TPSA) is 67.2 Å². The Hall–Kier alpha value is -1.36. The van der Waals surface area contributed by atoms with Gasteiger partial charge in [-0.15, -0.1) is 0 Å². The van der Waals surface area contributed by atoms with Gasteiger partial charge in [0.25, 0.3) is 5.91 Å². The van der Waals surface area contributed by atoms with Gasteiger partial charge >= 0.3 is 0 Å². The van der Waals surface area contributed by atoms with Crippen molar-refractivity contribution >= 4 is 5.91 Å². The lowest BCUT2D eigenvalue weighted by molar-refractivity contribution is 0.0860. The van der Waals surface area contributed by atoms with Gasteiger partial charge in [-0.05, 0) is 25.8 Å². The third-order valence-corrected chi connectivity index (χ3v) is 2.63. The SMILES string of the molecule is CC(C)C(O)CNC(=O)c1ccnn1C(C)C. The van der Waals surface area contributed by atoms with Crippen LogP contribution in [-0.4, -0.2) is 33.4 Å². The Labute approximate surface area is 102 Å². The molecule has 1 rings (SSSR count). The van der Waals surface area contributed by atoms with Crippen LogP contribution in [0, 0.1) is 5.92 Å². The normalized spacial score (nSPS) is 13.1. The molecule has 5 nitrogen and oxygen atoms in total. The second kappa shape index (κ2) is 5.82. The monoisotopic (exact) mass is 239 g/mol. The summed E-state index contributed by atoms with van der Waals surface area (Å²) in [5, 5.41) is 16.4. The predicted octanol–water partition coefficient (Wildman–Crippen LogP) is 1.21. The zero-order valence-corrected chi connectivity index (χ0v) is 10.8. The maximum Gasteiger partial charge on any atom is 0.269 e. The van der Waals surface area contributed by atoms with E-state index in [0.29, 0.717) is 5.69 Å². The van der Waals surface area contributed by atoms with E-state index in [2.05, 4.69) is 10.4 Å². The number of nitrogens with one attached hydrogen (secondary N) is 1. The number of rotatable bonds is 5. The summed E-state index contributed by atoms with van der Waals surface area (Å²) >= 11 is 0. The van der Waals surface area contributed by atoms with Crippen LogP contribution in [0.2, 0.25) is 0 Å². The number of nitrogens with zero attached hydrogens (tertiary/aromatic N) is 2. The molecule has 0 fully saturated rings. The third-order valence-electron chi connectivity index (χ3n) is 2.63. The highest BCUT2D eigenvalue weighted by atomic mass is 16.3. The average molecular weight is 239 g/mol. The Balaban J connectivity index is 2.61. The molecule has 0 aliphatic heterocycles. The summed E-state index contributed by atoms with van der Waals surface area (Å²) in [6.45, 7) is 8.02. The van der Waals surface area contributed by atoms with Crippen LogP contribution in [0.4, 0.5) is 0 Å². The fraction of sp³-hybridized carbons (Fsp3) is 0.667. The van der Waals surface area contributed by atoms with Crippen molar-refractivity contribution < 1.29 is 9.90 Å². The highest BCUT2D eigenvalue weighted by Crippen LogP contribution is 2.08. The Morgan fingerprint density at radius 1 is 1.47 bits per heavy atom. The van der Waals surface area contributed by atoms with Crippen LogP contribution in [0.5, 0.6) is 0 Å². The second-order valence-electron chi connectivity index (χ2n) is 4.78. The molecular formula is C12H21N3O2. The molecule has 0 bridgehead atoms. The zero-order chi connectivity index (χ0) is 13.0. The van der Waals surface area contributed by atoms with E-state index in [1.165, 1.54) is 0 Å². The molecule has 0 aliphatic rings. The Morgan fingerprint density at radius 3 is 2.65 bits per heavy atom. The Kier molecular flexibility index (Phi) is 4.69. The molecule has 0 aromatic carbocycles. The molecule has 0 saturated carbocycles. The quantitative estimate of drug-likeness (QED) is 0.811. The summed E-state index contributed by atoms with van der Waals surface area (Å²) in [7, 11) is 0. The Bertz CT molecular complexity index is 372. The first-order valence-electron chi connectivity index (χ1n) is 5.93. The van der Waals surface area contributed by atoms with Crippen molar-refractivity contribution in [1.82, 2.24) is 15.1 Å². The minimum absolute atomic E-state index is 0.130. The molecule has 1 amide bonds. The summed E-state index contributed by atoms with van der Waals surface area (Å²) < 4.78 is 1.66. The van der Waals surface area contributed by atoms with Crippen molar-refractivity contribution in [3.05, 3.63) is 18.0 Å². The minimum atomic E-state index is -0.519. The standard InChI is InChI=1S/C12H21N3O2/c1-8(2)11(16)7-13-12(17)10-5-6-14-15(10)9(3)4/h5-6,8-9,11,16H,7H2,1-4H3,(H,13,17). The van der Waals surface area contributed by atoms with E-state index < -0.39 is 6.10 Å². The van der Waals surface area contributed by atoms with Crippen molar-refractivity contribution in [1.29, 1.82) is 0 Å². The van der Waals surface area contributed by atoms with Gasteiger partial charge in [-0.2, -0.15) is 5.10 Å². The van der Waals surface area contributed by atoms with Gasteiger partial charge in [0.15, 0.2) is 0 Å². The molecule has 0 saturated heterocycles. The molecule has 96 valence electrons. The number of amides is 1. The van der Waals surface area contributed by atoms with Gasteiger partial charge in [-0.1, -0.05) is 13.8 Å². The van der Waals surface area contributed by atoms with E-state index in [1.807, 2.05) is 27.7 Å². The van der Waals surface area contributed by atoms with Gasteiger partial charge < -0.3 is 10.4 Å². The summed E-state index contributed by atoms with van der Waals surface area (Å²) in [4.78, 5) is 11.9. The fourth-order valence-corrected chi connectivity index (χ4v) is 1.43. The number of hydrogen-bond acceptors (Lipinski definition) is 3. The van der Waals surface area contributed by atoms with Crippen molar-refractivity contribution in [2.45, 2.75) is 39.8 Å². The molecule has 5 heteroatoms. The van der Waals surface area contributed by atoms with E-state index >= 15 is 0 Å². The average Bonchev–Trinajstić information content (AvgIpc) is 2.73. The van der Waals surface area contributed by atoms with Gasteiger partial charge in [0.1, 0.15) is 5.69 Å². The lowest BCUT2D eigenvalue weighted by Gasteiger charge is -2.16. The maximum absolute atomic E-state index is 11.9. The highest BCUT2D eigenvalue weighted by Gasteiger charge is 2.16. The molecule has 1 atom stereocenters. The van der Waals surface area contributed by atoms with Gasteiger partial charge in [0, 0.05) is 18.8 Å². The largest absolute Gasteiger partial charge is 0.391 e. The van der Waals surface area contributed by atoms with Gasteiger partial charge in [0.2, 0.25) is 0 Å². The molecule has 2 N–H and O–H groups in total. The lowest BCUT2D eigenvalue weighted by atomic mass is 10.1. The first kappa shape index (κ1) is 13.7. The Morgan fingerprint density at radius 2 is 2.12 bits per heavy atom. The van der Waals surface area contributed by atoms with Crippen molar-refractivity contribution in [3.63, 3.8) is 0 Å². The zero-order valence-electron chi connectivity index (χ0n) is 10.8. The molecule has 1 unspecified atom stereocenters. The maximum atomic E-state index is 11.9. The van der Waals surface area contributed by atoms with Crippen LogP contribution < -0.4 is 5.32 Å². The first-order valence-corrected chi connectivity index (χ1v) is 5.93. The summed E-state index contributed by atoms with van der Waals surface area (Å²) in [5.41, 5.74) is 0.524. The van der Waals surface area contributed by atoms with E-state index in [9.17, 15) is 9.90 Å². The van der Waals surface area contributed by atoms with Crippen molar-refractivity contribution in [2.75, 3.05) is 6.54 Å². The molecule has 1 aromatic rings. The first-order chi connectivity index (χ1) is 7.93. The molecule has 17 heavy (non-hydrogen) atoms. The van der Waals surface area contributed by atoms with E-state index in [1.54, 1.807) is 16.9 Å². The number of carbonyl (C=O) groups is 1. The second-order valence-corrected chi connectivity index (χ2v) is 4.78. The van der Waals surface area contributed by atoms with Crippen molar-refractivity contribution in [2.24, 2.45) is 5.92 Å². The number of aromatic nitrogens is 2. The number of aliphatic hydroxyl groups excluding tert-OH is 1. The highest BCUT2D eigenvalue weighted by molar-refractivity contribution is 5.92. The number of aliphatic hydroxyl groups is 1. The van der Waals surface area contributed by atoms with E-state index in [-0.39, 0.29) is 24.4 Å². The van der Waals surface area contributed by atoms with Crippen LogP contribution in [0.1, 0.15) is 44.2 Å². The minimum Gasteiger partial charge on any atom is -0.391 e. The third kappa shape index (κ3) is 3.56. The van der Waals surface area contributed by atoms with Crippen LogP contribution in [0.3, 0.4) is 0 Å². The molecule has 1 heterocycles. The smallest absolute Gasteiger partial charge is 0.269 e. The summed E-state index contributed by atoms with van der Waals surface area (Å²) in [6, 6.07) is 1.82. The van der Waals surface area contributed by atoms with Gasteiger partial charge in [-0.3, -0.25) is 9.48 Å². The number of hydrogen-bond donors (Lipinski definition) is 2. The summed E-state index contributed by atoms with van der Waals surface area (Å²) in [5.74, 6) is -0.0683. The number of carbonyl (C=O) groups excluding carboxylic acids is 1. The lowest BCUT2D eigenvalue weighted by Crippen LogP contribution is -2.35. The van der Waals surface area contributed by atoms with Gasteiger partial charge in [0.05, 0.1) is 6.10 Å². The van der Waals surface area contributed by atoms with Crippen LogP contribution in [0.15, 0.2) is 12.3 Å². The van der Waals surface area contributed by atoms with Crippen molar-refractivity contribution in [3.8, 4) is 0 Å². The summed E-state index contributed by atoms with van der Waals surface area (Å²) in [6.07, 6.45) is 1.09. The molecule has 0 spiro atoms. The van der Waals surface area contributed by atoms with Gasteiger partial charge in [-0.25, -0.2) is 0 Å². The molecular weight excluding hydrogens is 218 g/mol. The van der Waals surface area contributed by atoms with Crippen LogP contribution >= 0.6 is 0 Å². The van der Waals surface area contributed by atoms with Crippen LogP contribution in [-0.2, 0) is 0 Å². The fourth-order valence-electron chi connectivity index (χ4n) is 1.43. The molecule has 0 aliphatic carbocycles. The predicted molar refractivity (Wildman–Crippen MR) is 65.8 cm³/mol. The van der Waals surface area contributed by atoms with E-state index in [0.717, 1.165) is 0 Å². The van der Waals surface area contributed by atoms with Crippen LogP contribution in [0.25, 0.3) is 0 Å². The van der Waals surface area contributed by atoms with E-state index in [4.69, 9.17) is 0 Å².